The number of carbonyl (C=O) groups excluding carboxylic acids is 2. The highest BCUT2D eigenvalue weighted by Crippen LogP contribution is 2.22. The Hall–Kier alpha value is -3.05. The average molecular weight is 398 g/mol. The predicted octanol–water partition coefficient (Wildman–Crippen LogP) is 4.39. The average Bonchev–Trinajstić information content (AvgIpc) is 3.20. The Morgan fingerprint density at radius 3 is 2.50 bits per heavy atom. The molecular formula is C22H20ClNO4. The molecule has 0 saturated heterocycles. The molecule has 6 heteroatoms. The Morgan fingerprint density at radius 2 is 1.71 bits per heavy atom. The van der Waals surface area contributed by atoms with Crippen molar-refractivity contribution in [3.63, 3.8) is 0 Å². The molecule has 0 radical (unpaired) electrons. The van der Waals surface area contributed by atoms with Crippen LogP contribution >= 0.6 is 11.6 Å². The summed E-state index contributed by atoms with van der Waals surface area (Å²) in [6, 6.07) is 20.7. The fourth-order valence-electron chi connectivity index (χ4n) is 2.60. The van der Waals surface area contributed by atoms with Crippen LogP contribution in [0.1, 0.15) is 17.7 Å². The highest BCUT2D eigenvalue weighted by molar-refractivity contribution is 6.31. The van der Waals surface area contributed by atoms with Gasteiger partial charge in [0.15, 0.2) is 6.61 Å². The highest BCUT2D eigenvalue weighted by Gasteiger charge is 2.11. The van der Waals surface area contributed by atoms with Gasteiger partial charge in [0.2, 0.25) is 0 Å². The van der Waals surface area contributed by atoms with Gasteiger partial charge in [-0.15, -0.1) is 0 Å². The van der Waals surface area contributed by atoms with E-state index in [9.17, 15) is 9.59 Å². The van der Waals surface area contributed by atoms with E-state index in [1.54, 1.807) is 6.07 Å². The molecule has 28 heavy (non-hydrogen) atoms. The van der Waals surface area contributed by atoms with Crippen LogP contribution in [0.4, 0.5) is 0 Å². The van der Waals surface area contributed by atoms with Crippen LogP contribution in [0.15, 0.2) is 71.1 Å². The lowest BCUT2D eigenvalue weighted by Gasteiger charge is -2.07. The summed E-state index contributed by atoms with van der Waals surface area (Å²) >= 11 is 6.03. The normalized spacial score (nSPS) is 10.5. The number of amides is 1. The van der Waals surface area contributed by atoms with Crippen LogP contribution < -0.4 is 5.32 Å². The van der Waals surface area contributed by atoms with Crippen LogP contribution in [0, 0.1) is 0 Å². The summed E-state index contributed by atoms with van der Waals surface area (Å²) in [6.45, 7) is -0.0403. The maximum absolute atomic E-state index is 11.9. The Balaban J connectivity index is 1.38. The molecule has 0 spiro atoms. The molecule has 0 unspecified atom stereocenters. The van der Waals surface area contributed by atoms with E-state index >= 15 is 0 Å². The molecule has 0 aliphatic rings. The number of furan rings is 1. The second-order valence-electron chi connectivity index (χ2n) is 6.16. The molecule has 1 heterocycles. The van der Waals surface area contributed by atoms with Crippen LogP contribution in [0.25, 0.3) is 11.3 Å². The molecule has 0 saturated carbocycles. The van der Waals surface area contributed by atoms with E-state index in [1.807, 2.05) is 60.7 Å². The van der Waals surface area contributed by atoms with E-state index in [4.69, 9.17) is 20.8 Å². The smallest absolute Gasteiger partial charge is 0.306 e. The fraction of sp³-hybridized carbons (Fsp3) is 0.182. The van der Waals surface area contributed by atoms with Crippen LogP contribution in [-0.2, 0) is 27.3 Å². The van der Waals surface area contributed by atoms with Gasteiger partial charge in [0.05, 0.1) is 6.42 Å². The second kappa shape index (κ2) is 9.76. The van der Waals surface area contributed by atoms with Gasteiger partial charge in [-0.25, -0.2) is 0 Å². The molecule has 1 aromatic heterocycles. The predicted molar refractivity (Wildman–Crippen MR) is 107 cm³/mol. The molecule has 2 aromatic carbocycles. The number of rotatable bonds is 8. The Bertz CT molecular complexity index is 936. The molecule has 3 rings (SSSR count). The van der Waals surface area contributed by atoms with Crippen molar-refractivity contribution in [2.45, 2.75) is 19.4 Å². The lowest BCUT2D eigenvalue weighted by molar-refractivity contribution is -0.148. The number of hydrogen-bond donors (Lipinski definition) is 1. The molecule has 0 aliphatic heterocycles. The summed E-state index contributed by atoms with van der Waals surface area (Å²) in [5.41, 5.74) is 1.78. The van der Waals surface area contributed by atoms with Crippen LogP contribution in [0.2, 0.25) is 5.02 Å². The maximum atomic E-state index is 11.9. The molecule has 0 bridgehead atoms. The standard InChI is InChI=1S/C22H20ClNO4/c23-19-9-5-4-8-17(19)14-24-21(25)15-27-22(26)13-11-18-10-12-20(28-18)16-6-2-1-3-7-16/h1-10,12H,11,13-15H2,(H,24,25). The van der Waals surface area contributed by atoms with E-state index < -0.39 is 5.97 Å². The molecular weight excluding hydrogens is 378 g/mol. The van der Waals surface area contributed by atoms with Gasteiger partial charge in [-0.2, -0.15) is 0 Å². The number of carbonyl (C=O) groups is 2. The SMILES string of the molecule is O=C(COC(=O)CCc1ccc(-c2ccccc2)o1)NCc1ccccc1Cl. The number of hydrogen-bond acceptors (Lipinski definition) is 4. The summed E-state index contributed by atoms with van der Waals surface area (Å²) in [7, 11) is 0. The highest BCUT2D eigenvalue weighted by atomic mass is 35.5. The Kier molecular flexibility index (Phi) is 6.87. The summed E-state index contributed by atoms with van der Waals surface area (Å²) in [5.74, 6) is 0.616. The first-order valence-corrected chi connectivity index (χ1v) is 9.29. The minimum atomic E-state index is -0.453. The minimum Gasteiger partial charge on any atom is -0.461 e. The first-order valence-electron chi connectivity index (χ1n) is 8.91. The minimum absolute atomic E-state index is 0.138. The first-order chi connectivity index (χ1) is 13.6. The van der Waals surface area contributed by atoms with E-state index in [0.717, 1.165) is 16.9 Å². The number of ether oxygens (including phenoxy) is 1. The van der Waals surface area contributed by atoms with Crippen molar-refractivity contribution in [3.05, 3.63) is 83.1 Å². The van der Waals surface area contributed by atoms with Gasteiger partial charge in [0.1, 0.15) is 11.5 Å². The summed E-state index contributed by atoms with van der Waals surface area (Å²) in [6.07, 6.45) is 0.548. The zero-order chi connectivity index (χ0) is 19.8. The zero-order valence-corrected chi connectivity index (χ0v) is 15.9. The third-order valence-corrected chi connectivity index (χ3v) is 4.46. The third-order valence-electron chi connectivity index (χ3n) is 4.09. The number of halogens is 1. The fourth-order valence-corrected chi connectivity index (χ4v) is 2.80. The number of benzene rings is 2. The zero-order valence-electron chi connectivity index (χ0n) is 15.2. The Morgan fingerprint density at radius 1 is 0.964 bits per heavy atom. The lowest BCUT2D eigenvalue weighted by atomic mass is 10.2. The molecule has 3 aromatic rings. The van der Waals surface area contributed by atoms with Gasteiger partial charge >= 0.3 is 5.97 Å². The van der Waals surface area contributed by atoms with E-state index in [0.29, 0.717) is 17.2 Å². The van der Waals surface area contributed by atoms with Crippen molar-refractivity contribution in [2.24, 2.45) is 0 Å². The van der Waals surface area contributed by atoms with Crippen LogP contribution in [0.5, 0.6) is 0 Å². The largest absolute Gasteiger partial charge is 0.461 e. The van der Waals surface area contributed by atoms with E-state index in [1.165, 1.54) is 0 Å². The van der Waals surface area contributed by atoms with Crippen molar-refractivity contribution < 1.29 is 18.7 Å². The molecule has 0 aliphatic carbocycles. The monoisotopic (exact) mass is 397 g/mol. The first kappa shape index (κ1) is 19.7. The van der Waals surface area contributed by atoms with Crippen LogP contribution in [-0.4, -0.2) is 18.5 Å². The van der Waals surface area contributed by atoms with Gasteiger partial charge in [0.25, 0.3) is 5.91 Å². The molecule has 5 nitrogen and oxygen atoms in total. The molecule has 144 valence electrons. The Labute approximate surface area is 168 Å². The van der Waals surface area contributed by atoms with Crippen LogP contribution in [0.3, 0.4) is 0 Å². The quantitative estimate of drug-likeness (QED) is 0.572. The lowest BCUT2D eigenvalue weighted by Crippen LogP contribution is -2.28. The maximum Gasteiger partial charge on any atom is 0.306 e. The topological polar surface area (TPSA) is 68.5 Å². The van der Waals surface area contributed by atoms with Crippen molar-refractivity contribution in [3.8, 4) is 11.3 Å². The number of aryl methyl sites for hydroxylation is 1. The van der Waals surface area contributed by atoms with Gasteiger partial charge in [-0.1, -0.05) is 60.1 Å². The molecule has 1 amide bonds. The number of esters is 1. The van der Waals surface area contributed by atoms with E-state index in [2.05, 4.69) is 5.32 Å². The van der Waals surface area contributed by atoms with Gasteiger partial charge in [0, 0.05) is 23.6 Å². The van der Waals surface area contributed by atoms with E-state index in [-0.39, 0.29) is 25.5 Å². The van der Waals surface area contributed by atoms with Crippen molar-refractivity contribution in [2.75, 3.05) is 6.61 Å². The molecule has 0 atom stereocenters. The summed E-state index contributed by atoms with van der Waals surface area (Å²) in [4.78, 5) is 23.7. The molecule has 0 fully saturated rings. The van der Waals surface area contributed by atoms with Gasteiger partial charge in [-0.3, -0.25) is 9.59 Å². The molecule has 1 N–H and O–H groups in total. The van der Waals surface area contributed by atoms with Crippen molar-refractivity contribution >= 4 is 23.5 Å². The van der Waals surface area contributed by atoms with Crippen molar-refractivity contribution in [1.29, 1.82) is 0 Å². The number of nitrogens with one attached hydrogen (secondary N) is 1. The summed E-state index contributed by atoms with van der Waals surface area (Å²) < 4.78 is 10.8. The third kappa shape index (κ3) is 5.72. The second-order valence-corrected chi connectivity index (χ2v) is 6.57. The van der Waals surface area contributed by atoms with Crippen molar-refractivity contribution in [1.82, 2.24) is 5.32 Å². The van der Waals surface area contributed by atoms with Gasteiger partial charge in [-0.05, 0) is 23.8 Å². The van der Waals surface area contributed by atoms with Gasteiger partial charge < -0.3 is 14.5 Å². The summed E-state index contributed by atoms with van der Waals surface area (Å²) in [5, 5.41) is 3.25.